The van der Waals surface area contributed by atoms with Crippen molar-refractivity contribution in [2.24, 2.45) is 0 Å². The van der Waals surface area contributed by atoms with E-state index in [2.05, 4.69) is 31.1 Å². The third-order valence-electron chi connectivity index (χ3n) is 4.30. The molecule has 0 saturated heterocycles. The van der Waals surface area contributed by atoms with Crippen LogP contribution in [-0.2, 0) is 0 Å². The number of hydrogen-bond donors (Lipinski definition) is 2. The Balaban J connectivity index is 1.98. The Morgan fingerprint density at radius 2 is 1.89 bits per heavy atom. The van der Waals surface area contributed by atoms with Crippen LogP contribution in [0.1, 0.15) is 15.9 Å². The van der Waals surface area contributed by atoms with Crippen molar-refractivity contribution in [2.45, 2.75) is 6.92 Å². The zero-order valence-electron chi connectivity index (χ0n) is 14.1. The number of carboxylic acid groups (broad SMARTS) is 1. The number of nitrogens with one attached hydrogen (secondary N) is 1. The molecule has 0 amide bonds. The first kappa shape index (κ1) is 17.4. The average molecular weight is 426 g/mol. The van der Waals surface area contributed by atoms with Crippen LogP contribution in [0, 0.1) is 12.7 Å². The topological polar surface area (TPSA) is 78.9 Å². The molecule has 4 rings (SSSR count). The molecule has 0 unspecified atom stereocenters. The van der Waals surface area contributed by atoms with Gasteiger partial charge in [-0.05, 0) is 31.2 Å². The van der Waals surface area contributed by atoms with Gasteiger partial charge < -0.3 is 5.11 Å². The number of aromatic carboxylic acids is 1. The number of aryl methyl sites for hydroxylation is 1. The monoisotopic (exact) mass is 425 g/mol. The summed E-state index contributed by atoms with van der Waals surface area (Å²) in [5.41, 5.74) is 3.10. The van der Waals surface area contributed by atoms with Gasteiger partial charge in [0.05, 0.1) is 22.3 Å². The molecule has 2 aromatic heterocycles. The van der Waals surface area contributed by atoms with Crippen LogP contribution in [0.3, 0.4) is 0 Å². The lowest BCUT2D eigenvalue weighted by molar-refractivity contribution is 0.0699. The zero-order chi connectivity index (χ0) is 19.1. The van der Waals surface area contributed by atoms with Crippen LogP contribution in [0.15, 0.2) is 53.0 Å². The van der Waals surface area contributed by atoms with Gasteiger partial charge in [0.2, 0.25) is 0 Å². The maximum atomic E-state index is 14.3. The van der Waals surface area contributed by atoms with E-state index >= 15 is 0 Å². The molecule has 27 heavy (non-hydrogen) atoms. The molecule has 0 bridgehead atoms. The molecule has 0 saturated carbocycles. The quantitative estimate of drug-likeness (QED) is 0.472. The van der Waals surface area contributed by atoms with Gasteiger partial charge in [0, 0.05) is 15.6 Å². The lowest BCUT2D eigenvalue weighted by Gasteiger charge is -2.07. The highest BCUT2D eigenvalue weighted by atomic mass is 79.9. The van der Waals surface area contributed by atoms with Gasteiger partial charge in [-0.3, -0.25) is 5.10 Å². The molecule has 4 aromatic rings. The van der Waals surface area contributed by atoms with E-state index in [1.807, 2.05) is 31.2 Å². The number of pyridine rings is 1. The third kappa shape index (κ3) is 3.10. The zero-order valence-corrected chi connectivity index (χ0v) is 15.7. The van der Waals surface area contributed by atoms with Gasteiger partial charge in [-0.2, -0.15) is 5.10 Å². The number of aromatic nitrogens is 3. The number of fused-ring (bicyclic) bond motifs is 1. The van der Waals surface area contributed by atoms with E-state index in [0.29, 0.717) is 15.6 Å². The second-order valence-electron chi connectivity index (χ2n) is 6.15. The van der Waals surface area contributed by atoms with Crippen LogP contribution >= 0.6 is 15.9 Å². The van der Waals surface area contributed by atoms with Gasteiger partial charge in [0.25, 0.3) is 0 Å². The summed E-state index contributed by atoms with van der Waals surface area (Å²) in [5, 5.41) is 17.2. The van der Waals surface area contributed by atoms with Crippen molar-refractivity contribution in [3.05, 3.63) is 69.9 Å². The molecule has 2 aromatic carbocycles. The smallest absolute Gasteiger partial charge is 0.336 e. The first-order valence-corrected chi connectivity index (χ1v) is 8.88. The van der Waals surface area contributed by atoms with E-state index in [0.717, 1.165) is 11.1 Å². The SMILES string of the molecule is Cc1ccc(-c2[nH]nc3nc(-c4cc(Br)ccc4F)cc(C(=O)O)c23)cc1. The Labute approximate surface area is 162 Å². The van der Waals surface area contributed by atoms with Crippen molar-refractivity contribution in [1.82, 2.24) is 15.2 Å². The van der Waals surface area contributed by atoms with Gasteiger partial charge in [-0.25, -0.2) is 14.2 Å². The highest BCUT2D eigenvalue weighted by molar-refractivity contribution is 9.10. The van der Waals surface area contributed by atoms with Crippen molar-refractivity contribution in [2.75, 3.05) is 0 Å². The van der Waals surface area contributed by atoms with Crippen molar-refractivity contribution in [1.29, 1.82) is 0 Å². The highest BCUT2D eigenvalue weighted by Gasteiger charge is 2.20. The van der Waals surface area contributed by atoms with Crippen molar-refractivity contribution in [3.63, 3.8) is 0 Å². The van der Waals surface area contributed by atoms with Crippen molar-refractivity contribution in [3.8, 4) is 22.5 Å². The summed E-state index contributed by atoms with van der Waals surface area (Å²) in [4.78, 5) is 16.3. The van der Waals surface area contributed by atoms with E-state index in [4.69, 9.17) is 0 Å². The molecule has 0 aliphatic rings. The highest BCUT2D eigenvalue weighted by Crippen LogP contribution is 2.33. The molecule has 0 fully saturated rings. The molecule has 0 radical (unpaired) electrons. The van der Waals surface area contributed by atoms with E-state index < -0.39 is 11.8 Å². The first-order chi connectivity index (χ1) is 12.9. The maximum Gasteiger partial charge on any atom is 0.336 e. The number of hydrogen-bond acceptors (Lipinski definition) is 3. The summed E-state index contributed by atoms with van der Waals surface area (Å²) in [7, 11) is 0. The van der Waals surface area contributed by atoms with E-state index in [1.165, 1.54) is 12.1 Å². The Kier molecular flexibility index (Phi) is 4.24. The van der Waals surface area contributed by atoms with Crippen LogP contribution in [0.4, 0.5) is 4.39 Å². The lowest BCUT2D eigenvalue weighted by atomic mass is 10.0. The summed E-state index contributed by atoms with van der Waals surface area (Å²) in [5.74, 6) is -1.62. The van der Waals surface area contributed by atoms with Crippen LogP contribution in [0.2, 0.25) is 0 Å². The molecule has 5 nitrogen and oxygen atoms in total. The van der Waals surface area contributed by atoms with Crippen LogP contribution in [0.5, 0.6) is 0 Å². The van der Waals surface area contributed by atoms with Gasteiger partial charge in [0.1, 0.15) is 5.82 Å². The Morgan fingerprint density at radius 3 is 2.59 bits per heavy atom. The lowest BCUT2D eigenvalue weighted by Crippen LogP contribution is -2.01. The van der Waals surface area contributed by atoms with Crippen molar-refractivity contribution >= 4 is 32.9 Å². The molecule has 0 aliphatic heterocycles. The number of H-pyrrole nitrogens is 1. The molecule has 134 valence electrons. The second kappa shape index (κ2) is 6.59. The summed E-state index contributed by atoms with van der Waals surface area (Å²) in [6, 6.07) is 13.4. The normalized spacial score (nSPS) is 11.1. The Bertz CT molecular complexity index is 1190. The summed E-state index contributed by atoms with van der Waals surface area (Å²) < 4.78 is 14.9. The van der Waals surface area contributed by atoms with E-state index in [1.54, 1.807) is 12.1 Å². The van der Waals surface area contributed by atoms with E-state index in [9.17, 15) is 14.3 Å². The summed E-state index contributed by atoms with van der Waals surface area (Å²) >= 11 is 3.30. The van der Waals surface area contributed by atoms with Crippen LogP contribution in [-0.4, -0.2) is 26.3 Å². The molecule has 0 atom stereocenters. The van der Waals surface area contributed by atoms with Crippen molar-refractivity contribution < 1.29 is 14.3 Å². The molecule has 2 N–H and O–H groups in total. The second-order valence-corrected chi connectivity index (χ2v) is 7.06. The fraction of sp³-hybridized carbons (Fsp3) is 0.0500. The minimum atomic E-state index is -1.13. The minimum absolute atomic E-state index is 0.0127. The fourth-order valence-corrected chi connectivity index (χ4v) is 3.31. The number of rotatable bonds is 3. The molecule has 0 spiro atoms. The Morgan fingerprint density at radius 1 is 1.15 bits per heavy atom. The Hall–Kier alpha value is -3.06. The van der Waals surface area contributed by atoms with Gasteiger partial charge >= 0.3 is 5.97 Å². The maximum absolute atomic E-state index is 14.3. The largest absolute Gasteiger partial charge is 0.478 e. The van der Waals surface area contributed by atoms with Gasteiger partial charge in [-0.1, -0.05) is 45.8 Å². The summed E-state index contributed by atoms with van der Waals surface area (Å²) in [6.45, 7) is 1.97. The molecular formula is C20H13BrFN3O2. The summed E-state index contributed by atoms with van der Waals surface area (Å²) in [6.07, 6.45) is 0. The number of aromatic amines is 1. The third-order valence-corrected chi connectivity index (χ3v) is 4.79. The number of benzene rings is 2. The van der Waals surface area contributed by atoms with Gasteiger partial charge in [-0.15, -0.1) is 0 Å². The number of halogens is 2. The number of carboxylic acids is 1. The fourth-order valence-electron chi connectivity index (χ4n) is 2.95. The predicted molar refractivity (Wildman–Crippen MR) is 104 cm³/mol. The average Bonchev–Trinajstić information content (AvgIpc) is 3.07. The predicted octanol–water partition coefficient (Wildman–Crippen LogP) is 5.20. The van der Waals surface area contributed by atoms with E-state index in [-0.39, 0.29) is 22.5 Å². The number of nitrogens with zero attached hydrogens (tertiary/aromatic N) is 2. The van der Waals surface area contributed by atoms with Crippen LogP contribution in [0.25, 0.3) is 33.5 Å². The molecule has 7 heteroatoms. The molecular weight excluding hydrogens is 413 g/mol. The minimum Gasteiger partial charge on any atom is -0.478 e. The molecule has 0 aliphatic carbocycles. The van der Waals surface area contributed by atoms with Gasteiger partial charge in [0.15, 0.2) is 5.65 Å². The standard InChI is InChI=1S/C20H13BrFN3O2/c1-10-2-4-11(5-3-10)18-17-14(20(26)27)9-16(23-19(17)25-24-18)13-8-12(21)6-7-15(13)22/h2-9H,1H3,(H,26,27)(H,23,24,25). The molecule has 2 heterocycles. The first-order valence-electron chi connectivity index (χ1n) is 8.09. The number of carbonyl (C=O) groups is 1. The van der Waals surface area contributed by atoms with Crippen LogP contribution < -0.4 is 0 Å².